The highest BCUT2D eigenvalue weighted by molar-refractivity contribution is 5.92. The molecule has 0 unspecified atom stereocenters. The second kappa shape index (κ2) is 7.08. The van der Waals surface area contributed by atoms with Crippen LogP contribution in [-0.4, -0.2) is 24.6 Å². The predicted octanol–water partition coefficient (Wildman–Crippen LogP) is 3.45. The molecule has 5 heteroatoms. The number of para-hydroxylation sites is 1. The van der Waals surface area contributed by atoms with Crippen molar-refractivity contribution in [3.63, 3.8) is 0 Å². The summed E-state index contributed by atoms with van der Waals surface area (Å²) in [5.74, 6) is 1.23. The van der Waals surface area contributed by atoms with E-state index in [0.717, 1.165) is 17.9 Å². The van der Waals surface area contributed by atoms with Crippen molar-refractivity contribution < 1.29 is 4.74 Å². The molecule has 1 heterocycles. The molecular weight excluding hydrogens is 300 g/mol. The Labute approximate surface area is 141 Å². The van der Waals surface area contributed by atoms with Gasteiger partial charge in [-0.2, -0.15) is 0 Å². The Morgan fingerprint density at radius 3 is 2.67 bits per heavy atom. The van der Waals surface area contributed by atoms with E-state index in [2.05, 4.69) is 40.4 Å². The molecule has 24 heavy (non-hydrogen) atoms. The number of fused-ring (bicyclic) bond motifs is 1. The number of ether oxygens (including phenoxy) is 1. The second-order valence-electron chi connectivity index (χ2n) is 5.64. The van der Waals surface area contributed by atoms with Crippen molar-refractivity contribution in [3.8, 4) is 5.75 Å². The molecule has 5 nitrogen and oxygen atoms in total. The molecule has 2 aromatic carbocycles. The van der Waals surface area contributed by atoms with Gasteiger partial charge in [0.1, 0.15) is 5.75 Å². The molecule has 0 atom stereocenters. The molecule has 0 amide bonds. The van der Waals surface area contributed by atoms with Crippen molar-refractivity contribution in [2.24, 2.45) is 10.7 Å². The Morgan fingerprint density at radius 1 is 1.17 bits per heavy atom. The van der Waals surface area contributed by atoms with Gasteiger partial charge in [-0.25, -0.2) is 0 Å². The van der Waals surface area contributed by atoms with Crippen molar-refractivity contribution in [2.75, 3.05) is 19.0 Å². The molecule has 124 valence electrons. The minimum absolute atomic E-state index is 0.415. The Morgan fingerprint density at radius 2 is 1.92 bits per heavy atom. The van der Waals surface area contributed by atoms with E-state index < -0.39 is 0 Å². The molecule has 3 aromatic rings. The van der Waals surface area contributed by atoms with E-state index in [0.29, 0.717) is 12.5 Å². The van der Waals surface area contributed by atoms with Gasteiger partial charge in [0.15, 0.2) is 5.96 Å². The predicted molar refractivity (Wildman–Crippen MR) is 99.8 cm³/mol. The lowest BCUT2D eigenvalue weighted by Gasteiger charge is -2.07. The highest BCUT2D eigenvalue weighted by Crippen LogP contribution is 2.22. The molecular formula is C19H22N4O. The van der Waals surface area contributed by atoms with Gasteiger partial charge in [0, 0.05) is 28.8 Å². The summed E-state index contributed by atoms with van der Waals surface area (Å²) in [4.78, 5) is 7.83. The number of aromatic nitrogens is 1. The van der Waals surface area contributed by atoms with Crippen LogP contribution < -0.4 is 15.8 Å². The summed E-state index contributed by atoms with van der Waals surface area (Å²) in [7, 11) is 1.64. The number of hydrogen-bond donors (Lipinski definition) is 3. The third-order valence-corrected chi connectivity index (χ3v) is 4.03. The van der Waals surface area contributed by atoms with Gasteiger partial charge in [0.2, 0.25) is 0 Å². The molecule has 0 radical (unpaired) electrons. The lowest BCUT2D eigenvalue weighted by Crippen LogP contribution is -2.23. The molecule has 1 aromatic heterocycles. The summed E-state index contributed by atoms with van der Waals surface area (Å²) < 4.78 is 5.13. The van der Waals surface area contributed by atoms with Gasteiger partial charge in [-0.1, -0.05) is 18.2 Å². The van der Waals surface area contributed by atoms with Gasteiger partial charge < -0.3 is 20.8 Å². The average molecular weight is 322 g/mol. The van der Waals surface area contributed by atoms with Crippen molar-refractivity contribution >= 4 is 22.5 Å². The number of nitrogens with one attached hydrogen (secondary N) is 2. The van der Waals surface area contributed by atoms with E-state index in [9.17, 15) is 0 Å². The SMILES string of the molecule is COc1ccc(NC(N)=NCCc2c(C)[nH]c3ccccc23)cc1. The first-order valence-corrected chi connectivity index (χ1v) is 7.94. The number of rotatable bonds is 5. The van der Waals surface area contributed by atoms with Gasteiger partial charge in [0.25, 0.3) is 0 Å². The largest absolute Gasteiger partial charge is 0.497 e. The number of aryl methyl sites for hydroxylation is 1. The van der Waals surface area contributed by atoms with Gasteiger partial charge in [-0.3, -0.25) is 4.99 Å². The molecule has 0 spiro atoms. The molecule has 0 fully saturated rings. The maximum Gasteiger partial charge on any atom is 0.193 e. The fourth-order valence-electron chi connectivity index (χ4n) is 2.81. The average Bonchev–Trinajstić information content (AvgIpc) is 2.91. The van der Waals surface area contributed by atoms with Crippen LogP contribution in [0.5, 0.6) is 5.75 Å². The Hall–Kier alpha value is -2.95. The fraction of sp³-hybridized carbons (Fsp3) is 0.211. The number of nitrogens with zero attached hydrogens (tertiary/aromatic N) is 1. The van der Waals surface area contributed by atoms with Crippen LogP contribution in [0.15, 0.2) is 53.5 Å². The van der Waals surface area contributed by atoms with Crippen LogP contribution >= 0.6 is 0 Å². The monoisotopic (exact) mass is 322 g/mol. The fourth-order valence-corrected chi connectivity index (χ4v) is 2.81. The third kappa shape index (κ3) is 3.51. The smallest absolute Gasteiger partial charge is 0.193 e. The number of anilines is 1. The van der Waals surface area contributed by atoms with Crippen LogP contribution in [0.3, 0.4) is 0 Å². The lowest BCUT2D eigenvalue weighted by molar-refractivity contribution is 0.415. The van der Waals surface area contributed by atoms with Crippen LogP contribution in [-0.2, 0) is 6.42 Å². The molecule has 4 N–H and O–H groups in total. The third-order valence-electron chi connectivity index (χ3n) is 4.03. The standard InChI is InChI=1S/C19H22N4O/c1-13-16(17-5-3-4-6-18(17)22-13)11-12-21-19(20)23-14-7-9-15(24-2)10-8-14/h3-10,22H,11-12H2,1-2H3,(H3,20,21,23). The first kappa shape index (κ1) is 15.9. The Balaban J connectivity index is 1.63. The van der Waals surface area contributed by atoms with E-state index >= 15 is 0 Å². The van der Waals surface area contributed by atoms with Crippen molar-refractivity contribution in [3.05, 3.63) is 59.8 Å². The molecule has 0 saturated carbocycles. The summed E-state index contributed by atoms with van der Waals surface area (Å²) in [5, 5.41) is 4.35. The molecule has 0 saturated heterocycles. The van der Waals surface area contributed by atoms with Gasteiger partial charge in [0.05, 0.1) is 7.11 Å². The quantitative estimate of drug-likeness (QED) is 0.497. The topological polar surface area (TPSA) is 75.4 Å². The zero-order valence-electron chi connectivity index (χ0n) is 14.0. The molecule has 0 bridgehead atoms. The molecule has 0 aliphatic rings. The van der Waals surface area contributed by atoms with Crippen molar-refractivity contribution in [1.82, 2.24) is 4.98 Å². The zero-order chi connectivity index (χ0) is 16.9. The number of guanidine groups is 1. The van der Waals surface area contributed by atoms with E-state index in [1.165, 1.54) is 22.2 Å². The maximum atomic E-state index is 5.97. The van der Waals surface area contributed by atoms with Crippen LogP contribution in [0.25, 0.3) is 10.9 Å². The highest BCUT2D eigenvalue weighted by atomic mass is 16.5. The second-order valence-corrected chi connectivity index (χ2v) is 5.64. The normalized spacial score (nSPS) is 11.7. The number of methoxy groups -OCH3 is 1. The summed E-state index contributed by atoms with van der Waals surface area (Å²) in [6.45, 7) is 2.73. The van der Waals surface area contributed by atoms with Crippen LogP contribution in [0.1, 0.15) is 11.3 Å². The van der Waals surface area contributed by atoms with Crippen molar-refractivity contribution in [1.29, 1.82) is 0 Å². The highest BCUT2D eigenvalue weighted by Gasteiger charge is 2.07. The number of nitrogens with two attached hydrogens (primary N) is 1. The van der Waals surface area contributed by atoms with E-state index in [1.807, 2.05) is 30.3 Å². The van der Waals surface area contributed by atoms with Crippen LogP contribution in [0.4, 0.5) is 5.69 Å². The van der Waals surface area contributed by atoms with Gasteiger partial charge >= 0.3 is 0 Å². The molecule has 3 rings (SSSR count). The Kier molecular flexibility index (Phi) is 4.70. The van der Waals surface area contributed by atoms with Crippen molar-refractivity contribution in [2.45, 2.75) is 13.3 Å². The zero-order valence-corrected chi connectivity index (χ0v) is 14.0. The Bertz CT molecular complexity index is 849. The van der Waals surface area contributed by atoms with Crippen LogP contribution in [0, 0.1) is 6.92 Å². The number of aromatic amines is 1. The summed E-state index contributed by atoms with van der Waals surface area (Å²) in [6, 6.07) is 15.9. The minimum atomic E-state index is 0.415. The molecule has 0 aliphatic carbocycles. The van der Waals surface area contributed by atoms with Gasteiger partial charge in [-0.05, 0) is 49.2 Å². The summed E-state index contributed by atoms with van der Waals surface area (Å²) in [5.41, 5.74) is 10.5. The lowest BCUT2D eigenvalue weighted by atomic mass is 10.1. The van der Waals surface area contributed by atoms with Gasteiger partial charge in [-0.15, -0.1) is 0 Å². The summed E-state index contributed by atoms with van der Waals surface area (Å²) >= 11 is 0. The van der Waals surface area contributed by atoms with E-state index in [-0.39, 0.29) is 0 Å². The number of H-pyrrole nitrogens is 1. The number of hydrogen-bond acceptors (Lipinski definition) is 2. The minimum Gasteiger partial charge on any atom is -0.497 e. The first-order chi connectivity index (χ1) is 11.7. The number of aliphatic imine (C=N–C) groups is 1. The maximum absolute atomic E-state index is 5.97. The van der Waals surface area contributed by atoms with E-state index in [1.54, 1.807) is 7.11 Å². The summed E-state index contributed by atoms with van der Waals surface area (Å²) in [6.07, 6.45) is 0.848. The molecule has 0 aliphatic heterocycles. The van der Waals surface area contributed by atoms with Crippen LogP contribution in [0.2, 0.25) is 0 Å². The first-order valence-electron chi connectivity index (χ1n) is 7.94. The van der Waals surface area contributed by atoms with E-state index in [4.69, 9.17) is 10.5 Å². The number of benzene rings is 2.